The fourth-order valence-electron chi connectivity index (χ4n) is 1.98. The van der Waals surface area contributed by atoms with Crippen molar-refractivity contribution in [3.8, 4) is 17.3 Å². The second-order valence-electron chi connectivity index (χ2n) is 4.21. The molecule has 2 aromatic rings. The van der Waals surface area contributed by atoms with Gasteiger partial charge in [-0.2, -0.15) is 5.26 Å². The van der Waals surface area contributed by atoms with Crippen LogP contribution in [-0.2, 0) is 6.54 Å². The summed E-state index contributed by atoms with van der Waals surface area (Å²) in [4.78, 5) is 12.1. The summed E-state index contributed by atoms with van der Waals surface area (Å²) in [5.41, 5.74) is 1.28. The normalized spacial score (nSPS) is 10.2. The Morgan fingerprint density at radius 2 is 1.89 bits per heavy atom. The SMILES string of the molecule is CCCn1c(-c2ccc(F)cc2)ccc(C#N)c1=O. The van der Waals surface area contributed by atoms with E-state index in [1.165, 1.54) is 18.2 Å². The molecule has 1 heterocycles. The summed E-state index contributed by atoms with van der Waals surface area (Å²) in [6.45, 7) is 2.49. The van der Waals surface area contributed by atoms with Gasteiger partial charge in [0.2, 0.25) is 0 Å². The maximum Gasteiger partial charge on any atom is 0.268 e. The minimum atomic E-state index is -0.318. The third-order valence-corrected chi connectivity index (χ3v) is 2.88. The van der Waals surface area contributed by atoms with Crippen LogP contribution in [0.3, 0.4) is 0 Å². The standard InChI is InChI=1S/C15H13FN2O/c1-2-9-18-14(8-5-12(10-17)15(18)19)11-3-6-13(16)7-4-11/h3-8H,2,9H2,1H3. The summed E-state index contributed by atoms with van der Waals surface area (Å²) in [7, 11) is 0. The third-order valence-electron chi connectivity index (χ3n) is 2.88. The monoisotopic (exact) mass is 256 g/mol. The van der Waals surface area contributed by atoms with Crippen LogP contribution in [0.1, 0.15) is 18.9 Å². The number of nitriles is 1. The van der Waals surface area contributed by atoms with E-state index in [9.17, 15) is 9.18 Å². The predicted molar refractivity (Wildman–Crippen MR) is 71.1 cm³/mol. The van der Waals surface area contributed by atoms with Crippen molar-refractivity contribution in [2.24, 2.45) is 0 Å². The van der Waals surface area contributed by atoms with Crippen LogP contribution in [0.4, 0.5) is 4.39 Å². The van der Waals surface area contributed by atoms with E-state index in [0.29, 0.717) is 12.2 Å². The summed E-state index contributed by atoms with van der Waals surface area (Å²) in [6.07, 6.45) is 0.781. The Hall–Kier alpha value is -2.41. The van der Waals surface area contributed by atoms with E-state index >= 15 is 0 Å². The van der Waals surface area contributed by atoms with Gasteiger partial charge in [-0.1, -0.05) is 6.92 Å². The smallest absolute Gasteiger partial charge is 0.268 e. The van der Waals surface area contributed by atoms with Crippen molar-refractivity contribution in [2.75, 3.05) is 0 Å². The molecular formula is C15H13FN2O. The molecule has 3 nitrogen and oxygen atoms in total. The van der Waals surface area contributed by atoms with Crippen molar-refractivity contribution in [1.82, 2.24) is 4.57 Å². The fraction of sp³-hybridized carbons (Fsp3) is 0.200. The number of benzene rings is 1. The average molecular weight is 256 g/mol. The Bertz CT molecular complexity index is 681. The lowest BCUT2D eigenvalue weighted by atomic mass is 10.1. The molecule has 1 aromatic carbocycles. The van der Waals surface area contributed by atoms with Gasteiger partial charge in [0.25, 0.3) is 5.56 Å². The summed E-state index contributed by atoms with van der Waals surface area (Å²) < 4.78 is 14.5. The van der Waals surface area contributed by atoms with Crippen LogP contribution in [0.25, 0.3) is 11.3 Å². The van der Waals surface area contributed by atoms with E-state index in [4.69, 9.17) is 5.26 Å². The number of aromatic nitrogens is 1. The van der Waals surface area contributed by atoms with E-state index < -0.39 is 0 Å². The number of rotatable bonds is 3. The first-order chi connectivity index (χ1) is 9.17. The lowest BCUT2D eigenvalue weighted by Gasteiger charge is -2.12. The number of pyridine rings is 1. The van der Waals surface area contributed by atoms with Gasteiger partial charge in [-0.05, 0) is 48.4 Å². The summed E-state index contributed by atoms with van der Waals surface area (Å²) in [6, 6.07) is 11.1. The molecule has 0 unspecified atom stereocenters. The molecule has 0 bridgehead atoms. The third kappa shape index (κ3) is 2.55. The molecule has 0 saturated carbocycles. The molecule has 4 heteroatoms. The van der Waals surface area contributed by atoms with Gasteiger partial charge < -0.3 is 4.57 Å². The molecule has 1 aromatic heterocycles. The van der Waals surface area contributed by atoms with Crippen LogP contribution >= 0.6 is 0 Å². The highest BCUT2D eigenvalue weighted by atomic mass is 19.1. The molecule has 2 rings (SSSR count). The van der Waals surface area contributed by atoms with Crippen molar-refractivity contribution < 1.29 is 4.39 Å². The quantitative estimate of drug-likeness (QED) is 0.847. The molecule has 19 heavy (non-hydrogen) atoms. The van der Waals surface area contributed by atoms with Gasteiger partial charge in [-0.25, -0.2) is 4.39 Å². The Kier molecular flexibility index (Phi) is 3.76. The van der Waals surface area contributed by atoms with Crippen molar-refractivity contribution in [1.29, 1.82) is 5.26 Å². The predicted octanol–water partition coefficient (Wildman–Crippen LogP) is 2.94. The first-order valence-electron chi connectivity index (χ1n) is 6.07. The van der Waals surface area contributed by atoms with E-state index in [1.807, 2.05) is 13.0 Å². The minimum absolute atomic E-state index is 0.124. The van der Waals surface area contributed by atoms with Gasteiger partial charge in [0.05, 0.1) is 5.69 Å². The second-order valence-corrected chi connectivity index (χ2v) is 4.21. The largest absolute Gasteiger partial charge is 0.307 e. The highest BCUT2D eigenvalue weighted by molar-refractivity contribution is 5.60. The maximum atomic E-state index is 12.9. The van der Waals surface area contributed by atoms with Gasteiger partial charge in [0, 0.05) is 6.54 Å². The molecule has 96 valence electrons. The van der Waals surface area contributed by atoms with Crippen molar-refractivity contribution in [3.05, 3.63) is 58.1 Å². The number of halogens is 1. The topological polar surface area (TPSA) is 45.8 Å². The van der Waals surface area contributed by atoms with E-state index in [-0.39, 0.29) is 16.9 Å². The van der Waals surface area contributed by atoms with Crippen molar-refractivity contribution in [3.63, 3.8) is 0 Å². The summed E-state index contributed by atoms with van der Waals surface area (Å²) in [5, 5.41) is 8.90. The molecule has 0 aliphatic rings. The average Bonchev–Trinajstić information content (AvgIpc) is 2.42. The maximum absolute atomic E-state index is 12.9. The molecule has 0 aliphatic carbocycles. The minimum Gasteiger partial charge on any atom is -0.307 e. The Morgan fingerprint density at radius 1 is 1.21 bits per heavy atom. The van der Waals surface area contributed by atoms with Crippen LogP contribution < -0.4 is 5.56 Å². The van der Waals surface area contributed by atoms with E-state index in [0.717, 1.165) is 12.0 Å². The lowest BCUT2D eigenvalue weighted by Crippen LogP contribution is -2.23. The van der Waals surface area contributed by atoms with E-state index in [2.05, 4.69) is 0 Å². The first kappa shape index (κ1) is 13.0. The van der Waals surface area contributed by atoms with Crippen LogP contribution in [0, 0.1) is 17.1 Å². The highest BCUT2D eigenvalue weighted by Crippen LogP contribution is 2.19. The van der Waals surface area contributed by atoms with E-state index in [1.54, 1.807) is 22.8 Å². The molecule has 0 amide bonds. The van der Waals surface area contributed by atoms with Gasteiger partial charge in [-0.3, -0.25) is 4.79 Å². The zero-order valence-electron chi connectivity index (χ0n) is 10.6. The highest BCUT2D eigenvalue weighted by Gasteiger charge is 2.09. The van der Waals surface area contributed by atoms with Gasteiger partial charge in [0.1, 0.15) is 17.4 Å². The van der Waals surface area contributed by atoms with Gasteiger partial charge in [-0.15, -0.1) is 0 Å². The number of nitrogens with zero attached hydrogens (tertiary/aromatic N) is 2. The Morgan fingerprint density at radius 3 is 2.47 bits per heavy atom. The molecule has 0 radical (unpaired) electrons. The first-order valence-corrected chi connectivity index (χ1v) is 6.07. The molecule has 0 N–H and O–H groups in total. The summed E-state index contributed by atoms with van der Waals surface area (Å²) >= 11 is 0. The molecule has 0 spiro atoms. The Balaban J connectivity index is 2.63. The molecule has 0 saturated heterocycles. The number of hydrogen-bond donors (Lipinski definition) is 0. The molecular weight excluding hydrogens is 243 g/mol. The van der Waals surface area contributed by atoms with Gasteiger partial charge in [0.15, 0.2) is 0 Å². The molecule has 0 fully saturated rings. The lowest BCUT2D eigenvalue weighted by molar-refractivity contribution is 0.627. The zero-order chi connectivity index (χ0) is 13.8. The van der Waals surface area contributed by atoms with Crippen LogP contribution in [0.5, 0.6) is 0 Å². The van der Waals surface area contributed by atoms with Crippen molar-refractivity contribution >= 4 is 0 Å². The Labute approximate surface area is 110 Å². The molecule has 0 aliphatic heterocycles. The number of hydrogen-bond acceptors (Lipinski definition) is 2. The van der Waals surface area contributed by atoms with Crippen LogP contribution in [-0.4, -0.2) is 4.57 Å². The van der Waals surface area contributed by atoms with Crippen LogP contribution in [0.2, 0.25) is 0 Å². The molecule has 0 atom stereocenters. The van der Waals surface area contributed by atoms with Crippen molar-refractivity contribution in [2.45, 2.75) is 19.9 Å². The zero-order valence-corrected chi connectivity index (χ0v) is 10.6. The van der Waals surface area contributed by atoms with Gasteiger partial charge >= 0.3 is 0 Å². The summed E-state index contributed by atoms with van der Waals surface area (Å²) in [5.74, 6) is -0.318. The van der Waals surface area contributed by atoms with Crippen LogP contribution in [0.15, 0.2) is 41.2 Å². The fourth-order valence-corrected chi connectivity index (χ4v) is 1.98. The second kappa shape index (κ2) is 5.49.